The molecule has 0 aromatic rings. The second-order valence-corrected chi connectivity index (χ2v) is 2.77. The van der Waals surface area contributed by atoms with E-state index in [9.17, 15) is 18.0 Å². The normalized spacial score (nSPS) is 14.3. The largest absolute Gasteiger partial charge is 0.391 e. The third-order valence-electron chi connectivity index (χ3n) is 1.73. The van der Waals surface area contributed by atoms with Crippen molar-refractivity contribution in [1.82, 2.24) is 0 Å². The van der Waals surface area contributed by atoms with Gasteiger partial charge in [0.15, 0.2) is 0 Å². The molecule has 0 saturated heterocycles. The minimum Gasteiger partial charge on any atom is -0.303 e. The van der Waals surface area contributed by atoms with E-state index in [4.69, 9.17) is 0 Å². The second-order valence-electron chi connectivity index (χ2n) is 2.77. The molecule has 0 aliphatic rings. The third-order valence-corrected chi connectivity index (χ3v) is 1.73. The SMILES string of the molecule is CCCC(CCC=O)C(F)(F)F. The predicted molar refractivity (Wildman–Crippen MR) is 39.8 cm³/mol. The van der Waals surface area contributed by atoms with Gasteiger partial charge in [0.2, 0.25) is 0 Å². The van der Waals surface area contributed by atoms with E-state index in [-0.39, 0.29) is 19.3 Å². The maximum Gasteiger partial charge on any atom is 0.391 e. The molecule has 0 radical (unpaired) electrons. The first-order valence-corrected chi connectivity index (χ1v) is 4.02. The molecule has 0 aromatic carbocycles. The average Bonchev–Trinajstić information content (AvgIpc) is 1.95. The maximum absolute atomic E-state index is 12.1. The summed E-state index contributed by atoms with van der Waals surface area (Å²) in [5.41, 5.74) is 0. The maximum atomic E-state index is 12.1. The summed E-state index contributed by atoms with van der Waals surface area (Å²) >= 11 is 0. The number of alkyl halides is 3. The number of hydrogen-bond acceptors (Lipinski definition) is 1. The predicted octanol–water partition coefficient (Wildman–Crippen LogP) is 2.94. The molecule has 0 aliphatic heterocycles. The molecule has 0 aliphatic carbocycles. The lowest BCUT2D eigenvalue weighted by molar-refractivity contribution is -0.178. The highest BCUT2D eigenvalue weighted by Gasteiger charge is 2.37. The summed E-state index contributed by atoms with van der Waals surface area (Å²) in [5, 5.41) is 0. The summed E-state index contributed by atoms with van der Waals surface area (Å²) in [6.45, 7) is 1.71. The van der Waals surface area contributed by atoms with Gasteiger partial charge in [-0.2, -0.15) is 13.2 Å². The molecule has 1 unspecified atom stereocenters. The van der Waals surface area contributed by atoms with E-state index in [1.165, 1.54) is 0 Å². The van der Waals surface area contributed by atoms with Crippen LogP contribution < -0.4 is 0 Å². The van der Waals surface area contributed by atoms with E-state index in [2.05, 4.69) is 0 Å². The fourth-order valence-electron chi connectivity index (χ4n) is 1.09. The van der Waals surface area contributed by atoms with Crippen molar-refractivity contribution >= 4 is 6.29 Å². The highest BCUT2D eigenvalue weighted by Crippen LogP contribution is 2.32. The van der Waals surface area contributed by atoms with Crippen LogP contribution >= 0.6 is 0 Å². The van der Waals surface area contributed by atoms with E-state index >= 15 is 0 Å². The van der Waals surface area contributed by atoms with Gasteiger partial charge in [-0.3, -0.25) is 0 Å². The quantitative estimate of drug-likeness (QED) is 0.597. The summed E-state index contributed by atoms with van der Waals surface area (Å²) in [4.78, 5) is 9.87. The minimum atomic E-state index is -4.14. The lowest BCUT2D eigenvalue weighted by Gasteiger charge is -2.18. The molecule has 0 spiro atoms. The zero-order valence-electron chi connectivity index (χ0n) is 7.03. The topological polar surface area (TPSA) is 17.1 Å². The minimum absolute atomic E-state index is 0.00414. The first-order valence-electron chi connectivity index (χ1n) is 4.02. The number of carbonyl (C=O) groups is 1. The van der Waals surface area contributed by atoms with E-state index in [1.54, 1.807) is 6.92 Å². The molecule has 0 bridgehead atoms. The summed E-state index contributed by atoms with van der Waals surface area (Å²) < 4.78 is 36.3. The Labute approximate surface area is 70.0 Å². The summed E-state index contributed by atoms with van der Waals surface area (Å²) in [7, 11) is 0. The van der Waals surface area contributed by atoms with Gasteiger partial charge < -0.3 is 4.79 Å². The van der Waals surface area contributed by atoms with Gasteiger partial charge in [0, 0.05) is 6.42 Å². The molecule has 1 atom stereocenters. The van der Waals surface area contributed by atoms with Crippen LogP contribution in [0.4, 0.5) is 13.2 Å². The Balaban J connectivity index is 3.94. The number of aldehydes is 1. The fourth-order valence-corrected chi connectivity index (χ4v) is 1.09. The van der Waals surface area contributed by atoms with Crippen molar-refractivity contribution in [2.45, 2.75) is 38.8 Å². The molecule has 0 saturated carbocycles. The second kappa shape index (κ2) is 5.17. The van der Waals surface area contributed by atoms with Crippen molar-refractivity contribution in [1.29, 1.82) is 0 Å². The molecular weight excluding hydrogens is 169 g/mol. The molecule has 0 rings (SSSR count). The third kappa shape index (κ3) is 4.36. The zero-order valence-corrected chi connectivity index (χ0v) is 7.03. The van der Waals surface area contributed by atoms with Crippen molar-refractivity contribution in [3.05, 3.63) is 0 Å². The van der Waals surface area contributed by atoms with Crippen LogP contribution in [0, 0.1) is 5.92 Å². The van der Waals surface area contributed by atoms with Crippen LogP contribution in [0.25, 0.3) is 0 Å². The van der Waals surface area contributed by atoms with Gasteiger partial charge in [0.1, 0.15) is 6.29 Å². The molecule has 0 fully saturated rings. The molecule has 1 nitrogen and oxygen atoms in total. The Kier molecular flexibility index (Phi) is 4.93. The molecule has 4 heteroatoms. The monoisotopic (exact) mass is 182 g/mol. The van der Waals surface area contributed by atoms with E-state index in [1.807, 2.05) is 0 Å². The van der Waals surface area contributed by atoms with Crippen LogP contribution in [0.5, 0.6) is 0 Å². The first-order chi connectivity index (χ1) is 5.52. The van der Waals surface area contributed by atoms with Crippen LogP contribution in [-0.2, 0) is 4.79 Å². The van der Waals surface area contributed by atoms with E-state index < -0.39 is 12.1 Å². The van der Waals surface area contributed by atoms with Crippen molar-refractivity contribution in [3.8, 4) is 0 Å². The van der Waals surface area contributed by atoms with Crippen LogP contribution in [0.1, 0.15) is 32.6 Å². The molecule has 0 heterocycles. The first kappa shape index (κ1) is 11.5. The van der Waals surface area contributed by atoms with Crippen LogP contribution in [0.15, 0.2) is 0 Å². The molecular formula is C8H13F3O. The van der Waals surface area contributed by atoms with Crippen molar-refractivity contribution in [2.24, 2.45) is 5.92 Å². The summed E-state index contributed by atoms with van der Waals surface area (Å²) in [6, 6.07) is 0. The molecule has 0 aromatic heterocycles. The van der Waals surface area contributed by atoms with E-state index in [0.717, 1.165) is 0 Å². The molecule has 0 amide bonds. The van der Waals surface area contributed by atoms with Crippen molar-refractivity contribution in [2.75, 3.05) is 0 Å². The van der Waals surface area contributed by atoms with Crippen molar-refractivity contribution in [3.63, 3.8) is 0 Å². The zero-order chi connectivity index (χ0) is 9.61. The van der Waals surface area contributed by atoms with E-state index in [0.29, 0.717) is 12.7 Å². The van der Waals surface area contributed by atoms with Gasteiger partial charge in [-0.1, -0.05) is 13.3 Å². The van der Waals surface area contributed by atoms with Gasteiger partial charge in [-0.15, -0.1) is 0 Å². The van der Waals surface area contributed by atoms with Gasteiger partial charge in [0.25, 0.3) is 0 Å². The van der Waals surface area contributed by atoms with Crippen LogP contribution in [0.2, 0.25) is 0 Å². The smallest absolute Gasteiger partial charge is 0.303 e. The van der Waals surface area contributed by atoms with Crippen LogP contribution in [0.3, 0.4) is 0 Å². The van der Waals surface area contributed by atoms with Gasteiger partial charge in [-0.25, -0.2) is 0 Å². The van der Waals surface area contributed by atoms with Crippen molar-refractivity contribution < 1.29 is 18.0 Å². The fraction of sp³-hybridized carbons (Fsp3) is 0.875. The van der Waals surface area contributed by atoms with Gasteiger partial charge in [0.05, 0.1) is 5.92 Å². The Morgan fingerprint density at radius 1 is 1.33 bits per heavy atom. The molecule has 12 heavy (non-hydrogen) atoms. The Morgan fingerprint density at radius 2 is 1.92 bits per heavy atom. The molecule has 72 valence electrons. The number of rotatable bonds is 5. The van der Waals surface area contributed by atoms with Crippen LogP contribution in [-0.4, -0.2) is 12.5 Å². The van der Waals surface area contributed by atoms with Gasteiger partial charge in [-0.05, 0) is 12.8 Å². The Bertz CT molecular complexity index is 131. The number of carbonyl (C=O) groups excluding carboxylic acids is 1. The summed E-state index contributed by atoms with van der Waals surface area (Å²) in [6.07, 6.45) is -3.04. The number of hydrogen-bond donors (Lipinski definition) is 0. The lowest BCUT2D eigenvalue weighted by atomic mass is 9.98. The average molecular weight is 182 g/mol. The Hall–Kier alpha value is -0.540. The number of halogens is 3. The highest BCUT2D eigenvalue weighted by atomic mass is 19.4. The Morgan fingerprint density at radius 3 is 2.25 bits per heavy atom. The summed E-state index contributed by atoms with van der Waals surface area (Å²) in [5.74, 6) is -1.30. The molecule has 0 N–H and O–H groups in total. The van der Waals surface area contributed by atoms with Gasteiger partial charge >= 0.3 is 6.18 Å². The lowest BCUT2D eigenvalue weighted by Crippen LogP contribution is -2.22. The highest BCUT2D eigenvalue weighted by molar-refractivity contribution is 5.49. The standard InChI is InChI=1S/C8H13F3O/c1-2-4-7(5-3-6-12)8(9,10)11/h6-7H,2-5H2,1H3.